The summed E-state index contributed by atoms with van der Waals surface area (Å²) >= 11 is 3.29. The summed E-state index contributed by atoms with van der Waals surface area (Å²) in [6, 6.07) is 5.13. The normalized spacial score (nSPS) is 10.3. The van der Waals surface area contributed by atoms with Crippen LogP contribution in [0.1, 0.15) is 16.2 Å². The molecule has 0 aliphatic heterocycles. The lowest BCUT2D eigenvalue weighted by atomic mass is 10.2. The molecule has 1 aromatic carbocycles. The summed E-state index contributed by atoms with van der Waals surface area (Å²) in [5, 5.41) is 2.81. The Hall–Kier alpha value is -1.82. The Morgan fingerprint density at radius 3 is 3.00 bits per heavy atom. The van der Waals surface area contributed by atoms with E-state index < -0.39 is 0 Å². The number of anilines is 1. The average molecular weight is 309 g/mol. The number of imidazole rings is 1. The molecule has 0 unspecified atom stereocenters. The summed E-state index contributed by atoms with van der Waals surface area (Å²) in [7, 11) is 0. The minimum Gasteiger partial charge on any atom is -0.398 e. The summed E-state index contributed by atoms with van der Waals surface area (Å²) in [4.78, 5) is 18.9. The third-order valence-electron chi connectivity index (χ3n) is 2.46. The number of halogens is 1. The molecule has 1 amide bonds. The van der Waals surface area contributed by atoms with E-state index >= 15 is 0 Å². The molecule has 0 fully saturated rings. The Bertz CT molecular complexity index is 539. The molecular formula is C12H13BrN4O. The van der Waals surface area contributed by atoms with Crippen molar-refractivity contribution in [2.45, 2.75) is 6.42 Å². The van der Waals surface area contributed by atoms with Gasteiger partial charge in [-0.15, -0.1) is 0 Å². The number of aromatic nitrogens is 2. The van der Waals surface area contributed by atoms with E-state index in [9.17, 15) is 4.79 Å². The van der Waals surface area contributed by atoms with E-state index in [-0.39, 0.29) is 5.91 Å². The minimum absolute atomic E-state index is 0.138. The number of nitrogens with zero attached hydrogens (tertiary/aromatic N) is 1. The monoisotopic (exact) mass is 308 g/mol. The molecule has 2 aromatic rings. The number of rotatable bonds is 4. The standard InChI is InChI=1S/C12H13BrN4O/c13-9-2-1-8(7-10(9)14)12(18)17-4-3-11-15-5-6-16-11/h1-2,5-7H,3-4,14H2,(H,15,16)(H,17,18). The first-order valence-corrected chi connectivity index (χ1v) is 6.27. The predicted molar refractivity (Wildman–Crippen MR) is 73.2 cm³/mol. The number of nitrogens with two attached hydrogens (primary N) is 1. The largest absolute Gasteiger partial charge is 0.398 e. The molecule has 18 heavy (non-hydrogen) atoms. The number of hydrogen-bond acceptors (Lipinski definition) is 3. The van der Waals surface area contributed by atoms with Gasteiger partial charge in [-0.25, -0.2) is 4.98 Å². The highest BCUT2D eigenvalue weighted by Gasteiger charge is 2.07. The number of nitrogens with one attached hydrogen (secondary N) is 2. The molecule has 5 nitrogen and oxygen atoms in total. The average Bonchev–Trinajstić information content (AvgIpc) is 2.85. The van der Waals surface area contributed by atoms with Gasteiger partial charge in [0.25, 0.3) is 5.91 Å². The van der Waals surface area contributed by atoms with Gasteiger partial charge in [0.15, 0.2) is 0 Å². The summed E-state index contributed by atoms with van der Waals surface area (Å²) in [6.45, 7) is 0.530. The second kappa shape index (κ2) is 5.68. The van der Waals surface area contributed by atoms with Crippen LogP contribution in [0, 0.1) is 0 Å². The van der Waals surface area contributed by atoms with Crippen LogP contribution in [0.2, 0.25) is 0 Å². The molecule has 0 bridgehead atoms. The van der Waals surface area contributed by atoms with Gasteiger partial charge in [0.05, 0.1) is 0 Å². The van der Waals surface area contributed by atoms with Gasteiger partial charge < -0.3 is 16.0 Å². The Morgan fingerprint density at radius 2 is 2.33 bits per heavy atom. The molecule has 0 aliphatic rings. The van der Waals surface area contributed by atoms with Gasteiger partial charge in [0.2, 0.25) is 0 Å². The van der Waals surface area contributed by atoms with Crippen molar-refractivity contribution in [1.29, 1.82) is 0 Å². The summed E-state index contributed by atoms with van der Waals surface area (Å²) in [5.74, 6) is 0.714. The number of H-pyrrole nitrogens is 1. The Labute approximate surface area is 113 Å². The maximum atomic E-state index is 11.8. The summed E-state index contributed by atoms with van der Waals surface area (Å²) in [6.07, 6.45) is 4.11. The van der Waals surface area contributed by atoms with Crippen molar-refractivity contribution in [3.05, 3.63) is 46.5 Å². The summed E-state index contributed by atoms with van der Waals surface area (Å²) in [5.41, 5.74) is 6.82. The van der Waals surface area contributed by atoms with Crippen molar-refractivity contribution >= 4 is 27.5 Å². The van der Waals surface area contributed by atoms with E-state index in [2.05, 4.69) is 31.2 Å². The molecule has 0 saturated heterocycles. The predicted octanol–water partition coefficient (Wildman–Crippen LogP) is 1.73. The van der Waals surface area contributed by atoms with Gasteiger partial charge in [-0.1, -0.05) is 0 Å². The first kappa shape index (κ1) is 12.6. The van der Waals surface area contributed by atoms with Crippen molar-refractivity contribution in [3.63, 3.8) is 0 Å². The van der Waals surface area contributed by atoms with E-state index in [0.29, 0.717) is 24.2 Å². The number of amides is 1. The van der Waals surface area contributed by atoms with Crippen LogP contribution in [0.15, 0.2) is 35.1 Å². The molecule has 0 atom stereocenters. The van der Waals surface area contributed by atoms with Gasteiger partial charge in [0, 0.05) is 41.1 Å². The van der Waals surface area contributed by atoms with Gasteiger partial charge in [-0.05, 0) is 34.1 Å². The Balaban J connectivity index is 1.89. The van der Waals surface area contributed by atoms with Crippen LogP contribution in [0.4, 0.5) is 5.69 Å². The lowest BCUT2D eigenvalue weighted by molar-refractivity contribution is 0.0954. The van der Waals surface area contributed by atoms with E-state index in [1.807, 2.05) is 0 Å². The van der Waals surface area contributed by atoms with Crippen LogP contribution in [0.3, 0.4) is 0 Å². The maximum Gasteiger partial charge on any atom is 0.251 e. The lowest BCUT2D eigenvalue weighted by Crippen LogP contribution is -2.26. The molecule has 4 N–H and O–H groups in total. The zero-order chi connectivity index (χ0) is 13.0. The minimum atomic E-state index is -0.138. The quantitative estimate of drug-likeness (QED) is 0.752. The zero-order valence-electron chi connectivity index (χ0n) is 9.61. The summed E-state index contributed by atoms with van der Waals surface area (Å²) < 4.78 is 0.787. The highest BCUT2D eigenvalue weighted by Crippen LogP contribution is 2.19. The molecule has 0 saturated carbocycles. The second-order valence-corrected chi connectivity index (χ2v) is 4.63. The van der Waals surface area contributed by atoms with Gasteiger partial charge in [-0.3, -0.25) is 4.79 Å². The van der Waals surface area contributed by atoms with E-state index in [0.717, 1.165) is 10.3 Å². The molecule has 1 aromatic heterocycles. The molecule has 1 heterocycles. The van der Waals surface area contributed by atoms with Crippen molar-refractivity contribution in [1.82, 2.24) is 15.3 Å². The van der Waals surface area contributed by atoms with Crippen LogP contribution in [-0.4, -0.2) is 22.4 Å². The fourth-order valence-corrected chi connectivity index (χ4v) is 1.76. The number of carbonyl (C=O) groups excluding carboxylic acids is 1. The highest BCUT2D eigenvalue weighted by molar-refractivity contribution is 9.10. The number of benzene rings is 1. The molecule has 0 aliphatic carbocycles. The first-order valence-electron chi connectivity index (χ1n) is 5.48. The zero-order valence-corrected chi connectivity index (χ0v) is 11.2. The van der Waals surface area contributed by atoms with Crippen LogP contribution in [-0.2, 0) is 6.42 Å². The molecular weight excluding hydrogens is 296 g/mol. The molecule has 6 heteroatoms. The molecule has 0 spiro atoms. The van der Waals surface area contributed by atoms with Crippen LogP contribution < -0.4 is 11.1 Å². The smallest absolute Gasteiger partial charge is 0.251 e. The first-order chi connectivity index (χ1) is 8.66. The van der Waals surface area contributed by atoms with Crippen molar-refractivity contribution < 1.29 is 4.79 Å². The fraction of sp³-hybridized carbons (Fsp3) is 0.167. The number of nitrogen functional groups attached to an aromatic ring is 1. The SMILES string of the molecule is Nc1cc(C(=O)NCCc2ncc[nH]2)ccc1Br. The Morgan fingerprint density at radius 1 is 1.50 bits per heavy atom. The van der Waals surface area contributed by atoms with Crippen LogP contribution in [0.5, 0.6) is 0 Å². The van der Waals surface area contributed by atoms with Crippen LogP contribution in [0.25, 0.3) is 0 Å². The molecule has 0 radical (unpaired) electrons. The van der Waals surface area contributed by atoms with Crippen molar-refractivity contribution in [2.75, 3.05) is 12.3 Å². The third-order valence-corrected chi connectivity index (χ3v) is 3.18. The lowest BCUT2D eigenvalue weighted by Gasteiger charge is -2.05. The van der Waals surface area contributed by atoms with Gasteiger partial charge in [-0.2, -0.15) is 0 Å². The van der Waals surface area contributed by atoms with Crippen molar-refractivity contribution in [3.8, 4) is 0 Å². The fourth-order valence-electron chi connectivity index (χ4n) is 1.52. The Kier molecular flexibility index (Phi) is 3.99. The third kappa shape index (κ3) is 3.10. The molecule has 94 valence electrons. The van der Waals surface area contributed by atoms with Crippen LogP contribution >= 0.6 is 15.9 Å². The number of hydrogen-bond donors (Lipinski definition) is 3. The van der Waals surface area contributed by atoms with Gasteiger partial charge >= 0.3 is 0 Å². The molecule has 2 rings (SSSR count). The van der Waals surface area contributed by atoms with Gasteiger partial charge in [0.1, 0.15) is 5.82 Å². The number of carbonyl (C=O) groups is 1. The maximum absolute atomic E-state index is 11.8. The topological polar surface area (TPSA) is 83.8 Å². The second-order valence-electron chi connectivity index (χ2n) is 3.78. The van der Waals surface area contributed by atoms with E-state index in [1.54, 1.807) is 30.6 Å². The van der Waals surface area contributed by atoms with E-state index in [1.165, 1.54) is 0 Å². The highest BCUT2D eigenvalue weighted by atomic mass is 79.9. The number of aromatic amines is 1. The van der Waals surface area contributed by atoms with E-state index in [4.69, 9.17) is 5.73 Å². The van der Waals surface area contributed by atoms with Crippen molar-refractivity contribution in [2.24, 2.45) is 0 Å².